The van der Waals surface area contributed by atoms with Crippen molar-refractivity contribution in [3.05, 3.63) is 70.3 Å². The molecule has 0 spiro atoms. The number of para-hydroxylation sites is 1. The van der Waals surface area contributed by atoms with Crippen LogP contribution in [0.4, 0.5) is 5.69 Å². The molecule has 0 fully saturated rings. The van der Waals surface area contributed by atoms with Crippen LogP contribution in [-0.2, 0) is 11.3 Å². The Morgan fingerprint density at radius 1 is 1.09 bits per heavy atom. The van der Waals surface area contributed by atoms with Gasteiger partial charge < -0.3 is 5.32 Å². The maximum Gasteiger partial charge on any atom is 0.267 e. The Balaban J connectivity index is 1.78. The van der Waals surface area contributed by atoms with Gasteiger partial charge in [-0.1, -0.05) is 24.3 Å². The molecule has 0 saturated heterocycles. The standard InChI is InChI=1S/C16H13N3O2S/c20-15(17-12-5-2-1-3-6-12)11-19-16(21)9-8-13(18-19)14-7-4-10-22-14/h1-10H,11H2,(H,17,20). The molecule has 0 radical (unpaired) electrons. The van der Waals surface area contributed by atoms with E-state index in [-0.39, 0.29) is 18.0 Å². The summed E-state index contributed by atoms with van der Waals surface area (Å²) >= 11 is 1.53. The van der Waals surface area contributed by atoms with Crippen molar-refractivity contribution in [2.45, 2.75) is 6.54 Å². The number of hydrogen-bond acceptors (Lipinski definition) is 4. The Morgan fingerprint density at radius 3 is 2.64 bits per heavy atom. The van der Waals surface area contributed by atoms with E-state index in [9.17, 15) is 9.59 Å². The van der Waals surface area contributed by atoms with Gasteiger partial charge in [-0.05, 0) is 29.6 Å². The minimum atomic E-state index is -0.302. The lowest BCUT2D eigenvalue weighted by Gasteiger charge is -2.07. The largest absolute Gasteiger partial charge is 0.324 e. The molecule has 1 amide bonds. The van der Waals surface area contributed by atoms with Gasteiger partial charge in [-0.3, -0.25) is 9.59 Å². The fraction of sp³-hybridized carbons (Fsp3) is 0.0625. The minimum Gasteiger partial charge on any atom is -0.324 e. The first-order chi connectivity index (χ1) is 10.7. The van der Waals surface area contributed by atoms with Crippen LogP contribution in [-0.4, -0.2) is 15.7 Å². The fourth-order valence-electron chi connectivity index (χ4n) is 1.98. The van der Waals surface area contributed by atoms with Gasteiger partial charge in [0.2, 0.25) is 5.91 Å². The summed E-state index contributed by atoms with van der Waals surface area (Å²) in [6.07, 6.45) is 0. The van der Waals surface area contributed by atoms with E-state index in [4.69, 9.17) is 0 Å². The molecule has 2 aromatic heterocycles. The van der Waals surface area contributed by atoms with Gasteiger partial charge in [0.05, 0.1) is 4.88 Å². The zero-order valence-corrected chi connectivity index (χ0v) is 12.4. The molecule has 0 bridgehead atoms. The van der Waals surface area contributed by atoms with Crippen LogP contribution in [0.15, 0.2) is 64.8 Å². The molecule has 1 N–H and O–H groups in total. The highest BCUT2D eigenvalue weighted by molar-refractivity contribution is 7.13. The second-order valence-corrected chi connectivity index (χ2v) is 5.55. The van der Waals surface area contributed by atoms with E-state index >= 15 is 0 Å². The summed E-state index contributed by atoms with van der Waals surface area (Å²) in [5, 5.41) is 8.92. The SMILES string of the molecule is O=C(Cn1nc(-c2cccs2)ccc1=O)Nc1ccccc1. The van der Waals surface area contributed by atoms with Gasteiger partial charge in [-0.25, -0.2) is 4.68 Å². The van der Waals surface area contributed by atoms with Gasteiger partial charge in [0.25, 0.3) is 5.56 Å². The molecule has 5 nitrogen and oxygen atoms in total. The number of carbonyl (C=O) groups is 1. The molecule has 0 aliphatic heterocycles. The topological polar surface area (TPSA) is 64.0 Å². The second kappa shape index (κ2) is 6.36. The average molecular weight is 311 g/mol. The minimum absolute atomic E-state index is 0.118. The summed E-state index contributed by atoms with van der Waals surface area (Å²) in [4.78, 5) is 24.8. The molecule has 0 saturated carbocycles. The van der Waals surface area contributed by atoms with Crippen LogP contribution in [0, 0.1) is 0 Å². The number of aromatic nitrogens is 2. The molecule has 1 aromatic carbocycles. The van der Waals surface area contributed by atoms with Crippen LogP contribution in [0.5, 0.6) is 0 Å². The number of carbonyl (C=O) groups excluding carboxylic acids is 1. The summed E-state index contributed by atoms with van der Waals surface area (Å²) in [6, 6.07) is 16.0. The monoisotopic (exact) mass is 311 g/mol. The Bertz CT molecular complexity index is 826. The van der Waals surface area contributed by atoms with E-state index < -0.39 is 0 Å². The smallest absolute Gasteiger partial charge is 0.267 e. The summed E-state index contributed by atoms with van der Waals surface area (Å²) in [5.74, 6) is -0.288. The van der Waals surface area contributed by atoms with Crippen LogP contribution in [0.3, 0.4) is 0 Å². The molecule has 0 atom stereocenters. The molecule has 3 aromatic rings. The summed E-state index contributed by atoms with van der Waals surface area (Å²) in [7, 11) is 0. The number of amides is 1. The lowest BCUT2D eigenvalue weighted by Crippen LogP contribution is -2.29. The van der Waals surface area contributed by atoms with Crippen molar-refractivity contribution in [1.29, 1.82) is 0 Å². The van der Waals surface area contributed by atoms with Crippen molar-refractivity contribution < 1.29 is 4.79 Å². The number of hydrogen-bond donors (Lipinski definition) is 1. The molecule has 110 valence electrons. The highest BCUT2D eigenvalue weighted by Crippen LogP contribution is 2.21. The van der Waals surface area contributed by atoms with E-state index in [1.807, 2.05) is 35.7 Å². The maximum atomic E-state index is 12.0. The Hall–Kier alpha value is -2.73. The van der Waals surface area contributed by atoms with Crippen molar-refractivity contribution in [3.8, 4) is 10.6 Å². The number of nitrogens with one attached hydrogen (secondary N) is 1. The number of nitrogens with zero attached hydrogens (tertiary/aromatic N) is 2. The van der Waals surface area contributed by atoms with E-state index in [1.54, 1.807) is 18.2 Å². The fourth-order valence-corrected chi connectivity index (χ4v) is 2.67. The van der Waals surface area contributed by atoms with E-state index in [0.717, 1.165) is 4.88 Å². The summed E-state index contributed by atoms with van der Waals surface area (Å²) < 4.78 is 1.17. The number of anilines is 1. The second-order valence-electron chi connectivity index (χ2n) is 4.61. The molecule has 6 heteroatoms. The van der Waals surface area contributed by atoms with Gasteiger partial charge >= 0.3 is 0 Å². The van der Waals surface area contributed by atoms with Crippen molar-refractivity contribution in [1.82, 2.24) is 9.78 Å². The Kier molecular flexibility index (Phi) is 4.11. The van der Waals surface area contributed by atoms with Crippen LogP contribution in [0.1, 0.15) is 0 Å². The highest BCUT2D eigenvalue weighted by atomic mass is 32.1. The van der Waals surface area contributed by atoms with Gasteiger partial charge in [-0.2, -0.15) is 5.10 Å². The number of thiophene rings is 1. The first-order valence-corrected chi connectivity index (χ1v) is 7.57. The lowest BCUT2D eigenvalue weighted by atomic mass is 10.3. The average Bonchev–Trinajstić information content (AvgIpc) is 3.05. The van der Waals surface area contributed by atoms with E-state index in [1.165, 1.54) is 22.1 Å². The van der Waals surface area contributed by atoms with E-state index in [2.05, 4.69) is 10.4 Å². The van der Waals surface area contributed by atoms with Crippen LogP contribution >= 0.6 is 11.3 Å². The molecule has 0 aliphatic rings. The predicted molar refractivity (Wildman–Crippen MR) is 86.9 cm³/mol. The highest BCUT2D eigenvalue weighted by Gasteiger charge is 2.08. The van der Waals surface area contributed by atoms with Gasteiger partial charge in [0.15, 0.2) is 0 Å². The predicted octanol–water partition coefficient (Wildman–Crippen LogP) is 2.61. The Morgan fingerprint density at radius 2 is 1.91 bits per heavy atom. The van der Waals surface area contributed by atoms with E-state index in [0.29, 0.717) is 11.4 Å². The zero-order chi connectivity index (χ0) is 15.4. The van der Waals surface area contributed by atoms with Crippen molar-refractivity contribution in [2.24, 2.45) is 0 Å². The normalized spacial score (nSPS) is 10.4. The third-order valence-electron chi connectivity index (χ3n) is 2.99. The third-order valence-corrected chi connectivity index (χ3v) is 3.88. The number of benzene rings is 1. The van der Waals surface area contributed by atoms with Gasteiger partial charge in [-0.15, -0.1) is 11.3 Å². The van der Waals surface area contributed by atoms with Gasteiger partial charge in [0.1, 0.15) is 12.2 Å². The first kappa shape index (κ1) is 14.2. The Labute approximate surface area is 130 Å². The summed E-state index contributed by atoms with van der Waals surface area (Å²) in [5.41, 5.74) is 1.07. The lowest BCUT2D eigenvalue weighted by molar-refractivity contribution is -0.117. The molecular formula is C16H13N3O2S. The maximum absolute atomic E-state index is 12.0. The van der Waals surface area contributed by atoms with Crippen molar-refractivity contribution in [2.75, 3.05) is 5.32 Å². The van der Waals surface area contributed by atoms with Crippen LogP contribution < -0.4 is 10.9 Å². The molecule has 0 unspecified atom stereocenters. The van der Waals surface area contributed by atoms with Crippen molar-refractivity contribution in [3.63, 3.8) is 0 Å². The van der Waals surface area contributed by atoms with Gasteiger partial charge in [0, 0.05) is 11.8 Å². The van der Waals surface area contributed by atoms with Crippen molar-refractivity contribution >= 4 is 22.9 Å². The zero-order valence-electron chi connectivity index (χ0n) is 11.6. The number of rotatable bonds is 4. The quantitative estimate of drug-likeness (QED) is 0.805. The third kappa shape index (κ3) is 3.29. The molecule has 2 heterocycles. The van der Waals surface area contributed by atoms with Crippen LogP contribution in [0.2, 0.25) is 0 Å². The molecule has 22 heavy (non-hydrogen) atoms. The summed E-state index contributed by atoms with van der Waals surface area (Å²) in [6.45, 7) is -0.118. The molecule has 3 rings (SSSR count). The van der Waals surface area contributed by atoms with Crippen LogP contribution in [0.25, 0.3) is 10.6 Å². The molecular weight excluding hydrogens is 298 g/mol. The first-order valence-electron chi connectivity index (χ1n) is 6.69. The molecule has 0 aliphatic carbocycles.